The zero-order valence-electron chi connectivity index (χ0n) is 12.9. The van der Waals surface area contributed by atoms with Gasteiger partial charge in [0.1, 0.15) is 11.5 Å². The van der Waals surface area contributed by atoms with E-state index in [1.54, 1.807) is 32.4 Å². The maximum absolute atomic E-state index is 12.1. The molecule has 0 unspecified atom stereocenters. The first kappa shape index (κ1) is 15.6. The largest absolute Gasteiger partial charge is 0.497 e. The van der Waals surface area contributed by atoms with Gasteiger partial charge < -0.3 is 14.8 Å². The highest BCUT2D eigenvalue weighted by Crippen LogP contribution is 2.23. The van der Waals surface area contributed by atoms with Crippen molar-refractivity contribution in [1.29, 1.82) is 0 Å². The Morgan fingerprint density at radius 2 is 1.68 bits per heavy atom. The molecule has 114 valence electrons. The first-order valence-corrected chi connectivity index (χ1v) is 6.90. The quantitative estimate of drug-likeness (QED) is 0.855. The van der Waals surface area contributed by atoms with Crippen molar-refractivity contribution in [3.8, 4) is 11.5 Å². The molecule has 0 aromatic heterocycles. The molecule has 0 bridgehead atoms. The lowest BCUT2D eigenvalue weighted by Gasteiger charge is -2.09. The van der Waals surface area contributed by atoms with Gasteiger partial charge in [0.25, 0.3) is 0 Å². The predicted molar refractivity (Wildman–Crippen MR) is 88.3 cm³/mol. The van der Waals surface area contributed by atoms with Gasteiger partial charge in [-0.1, -0.05) is 24.3 Å². The molecule has 4 nitrogen and oxygen atoms in total. The predicted octanol–water partition coefficient (Wildman–Crippen LogP) is 3.75. The number of rotatable bonds is 5. The fourth-order valence-electron chi connectivity index (χ4n) is 2.05. The third-order valence-corrected chi connectivity index (χ3v) is 3.26. The Morgan fingerprint density at radius 3 is 2.32 bits per heavy atom. The van der Waals surface area contributed by atoms with E-state index in [-0.39, 0.29) is 5.91 Å². The Bertz CT molecular complexity index is 675. The monoisotopic (exact) mass is 297 g/mol. The molecular weight excluding hydrogens is 278 g/mol. The van der Waals surface area contributed by atoms with Crippen LogP contribution in [0.1, 0.15) is 12.5 Å². The van der Waals surface area contributed by atoms with Gasteiger partial charge in [0.2, 0.25) is 5.91 Å². The van der Waals surface area contributed by atoms with Crippen LogP contribution in [0.2, 0.25) is 0 Å². The topological polar surface area (TPSA) is 47.6 Å². The van der Waals surface area contributed by atoms with E-state index >= 15 is 0 Å². The zero-order valence-corrected chi connectivity index (χ0v) is 12.9. The number of anilines is 1. The van der Waals surface area contributed by atoms with Gasteiger partial charge in [0.15, 0.2) is 0 Å². The summed E-state index contributed by atoms with van der Waals surface area (Å²) in [6.45, 7) is 1.89. The Kier molecular flexibility index (Phi) is 5.20. The van der Waals surface area contributed by atoms with Gasteiger partial charge in [-0.25, -0.2) is 0 Å². The van der Waals surface area contributed by atoms with Gasteiger partial charge >= 0.3 is 0 Å². The Balaban J connectivity index is 2.12. The van der Waals surface area contributed by atoms with E-state index in [9.17, 15) is 4.79 Å². The lowest BCUT2D eigenvalue weighted by atomic mass is 10.1. The average molecular weight is 297 g/mol. The minimum atomic E-state index is -0.196. The Hall–Kier alpha value is -2.75. The molecule has 0 fully saturated rings. The summed E-state index contributed by atoms with van der Waals surface area (Å²) in [6.07, 6.45) is 1.56. The second-order valence-corrected chi connectivity index (χ2v) is 4.75. The molecule has 0 saturated carbocycles. The number of carbonyl (C=O) groups is 1. The van der Waals surface area contributed by atoms with Crippen molar-refractivity contribution in [3.63, 3.8) is 0 Å². The van der Waals surface area contributed by atoms with Crippen LogP contribution >= 0.6 is 0 Å². The van der Waals surface area contributed by atoms with E-state index in [0.717, 1.165) is 16.9 Å². The van der Waals surface area contributed by atoms with E-state index in [0.29, 0.717) is 11.4 Å². The summed E-state index contributed by atoms with van der Waals surface area (Å²) in [5.41, 5.74) is 2.49. The van der Waals surface area contributed by atoms with Crippen LogP contribution < -0.4 is 14.8 Å². The average Bonchev–Trinajstić information content (AvgIpc) is 2.55. The molecule has 0 aliphatic heterocycles. The number of ether oxygens (including phenoxy) is 2. The molecule has 1 amide bonds. The summed E-state index contributed by atoms with van der Waals surface area (Å²) in [6, 6.07) is 14.9. The highest BCUT2D eigenvalue weighted by molar-refractivity contribution is 6.04. The number of amides is 1. The maximum Gasteiger partial charge on any atom is 0.248 e. The molecule has 0 atom stereocenters. The Morgan fingerprint density at radius 1 is 1.00 bits per heavy atom. The van der Waals surface area contributed by atoms with Crippen molar-refractivity contribution in [1.82, 2.24) is 0 Å². The number of para-hydroxylation sites is 2. The SMILES string of the molecule is COc1ccc(/C(C)=C/C(=O)Nc2ccccc2OC)cc1. The first-order chi connectivity index (χ1) is 10.6. The van der Waals surface area contributed by atoms with Gasteiger partial charge in [0.05, 0.1) is 19.9 Å². The summed E-state index contributed by atoms with van der Waals surface area (Å²) in [7, 11) is 3.20. The molecule has 1 N–H and O–H groups in total. The van der Waals surface area contributed by atoms with Crippen LogP contribution in [0, 0.1) is 0 Å². The van der Waals surface area contributed by atoms with Crippen molar-refractivity contribution >= 4 is 17.2 Å². The smallest absolute Gasteiger partial charge is 0.248 e. The molecule has 2 aromatic rings. The fraction of sp³-hybridized carbons (Fsp3) is 0.167. The number of benzene rings is 2. The molecule has 2 aromatic carbocycles. The minimum Gasteiger partial charge on any atom is -0.497 e. The van der Waals surface area contributed by atoms with Crippen molar-refractivity contribution in [2.24, 2.45) is 0 Å². The zero-order chi connectivity index (χ0) is 15.9. The molecule has 0 spiro atoms. The van der Waals surface area contributed by atoms with Crippen molar-refractivity contribution in [3.05, 3.63) is 60.2 Å². The standard InChI is InChI=1S/C18H19NO3/c1-13(14-8-10-15(21-2)11-9-14)12-18(20)19-16-6-4-5-7-17(16)22-3/h4-12H,1-3H3,(H,19,20)/b13-12+. The number of hydrogen-bond donors (Lipinski definition) is 1. The number of hydrogen-bond acceptors (Lipinski definition) is 3. The van der Waals surface area contributed by atoms with E-state index in [1.165, 1.54) is 0 Å². The Labute approximate surface area is 130 Å². The van der Waals surface area contributed by atoms with E-state index in [2.05, 4.69) is 5.32 Å². The number of nitrogens with one attached hydrogen (secondary N) is 1. The molecule has 2 rings (SSSR count). The molecule has 0 aliphatic rings. The molecule has 0 radical (unpaired) electrons. The van der Waals surface area contributed by atoms with Crippen molar-refractivity contribution < 1.29 is 14.3 Å². The third-order valence-electron chi connectivity index (χ3n) is 3.26. The van der Waals surface area contributed by atoms with Crippen LogP contribution in [0.25, 0.3) is 5.57 Å². The maximum atomic E-state index is 12.1. The lowest BCUT2D eigenvalue weighted by Crippen LogP contribution is -2.09. The number of allylic oxidation sites excluding steroid dienone is 1. The first-order valence-electron chi connectivity index (χ1n) is 6.90. The van der Waals surface area contributed by atoms with Gasteiger partial charge in [-0.05, 0) is 42.3 Å². The van der Waals surface area contributed by atoms with Crippen LogP contribution in [0.3, 0.4) is 0 Å². The summed E-state index contributed by atoms with van der Waals surface area (Å²) >= 11 is 0. The third kappa shape index (κ3) is 3.88. The minimum absolute atomic E-state index is 0.196. The van der Waals surface area contributed by atoms with E-state index < -0.39 is 0 Å². The van der Waals surface area contributed by atoms with Crippen LogP contribution in [0.4, 0.5) is 5.69 Å². The molecule has 0 saturated heterocycles. The second-order valence-electron chi connectivity index (χ2n) is 4.75. The summed E-state index contributed by atoms with van der Waals surface area (Å²) < 4.78 is 10.3. The van der Waals surface area contributed by atoms with Gasteiger partial charge in [-0.3, -0.25) is 4.79 Å². The van der Waals surface area contributed by atoms with Crippen LogP contribution in [0.5, 0.6) is 11.5 Å². The highest BCUT2D eigenvalue weighted by Gasteiger charge is 2.06. The molecule has 0 aliphatic carbocycles. The summed E-state index contributed by atoms with van der Waals surface area (Å²) in [4.78, 5) is 12.1. The normalized spacial score (nSPS) is 11.0. The lowest BCUT2D eigenvalue weighted by molar-refractivity contribution is -0.111. The van der Waals surface area contributed by atoms with Gasteiger partial charge in [-0.2, -0.15) is 0 Å². The van der Waals surface area contributed by atoms with Crippen LogP contribution in [0.15, 0.2) is 54.6 Å². The van der Waals surface area contributed by atoms with Crippen molar-refractivity contribution in [2.75, 3.05) is 19.5 Å². The van der Waals surface area contributed by atoms with Crippen molar-refractivity contribution in [2.45, 2.75) is 6.92 Å². The fourth-order valence-corrected chi connectivity index (χ4v) is 2.05. The summed E-state index contributed by atoms with van der Waals surface area (Å²) in [5, 5.41) is 2.82. The number of carbonyl (C=O) groups excluding carboxylic acids is 1. The second kappa shape index (κ2) is 7.31. The molecule has 0 heterocycles. The van der Waals surface area contributed by atoms with Crippen LogP contribution in [-0.4, -0.2) is 20.1 Å². The van der Waals surface area contributed by atoms with E-state index in [1.807, 2.05) is 43.3 Å². The van der Waals surface area contributed by atoms with Gasteiger partial charge in [-0.15, -0.1) is 0 Å². The highest BCUT2D eigenvalue weighted by atomic mass is 16.5. The van der Waals surface area contributed by atoms with E-state index in [4.69, 9.17) is 9.47 Å². The molecule has 22 heavy (non-hydrogen) atoms. The summed E-state index contributed by atoms with van der Waals surface area (Å²) in [5.74, 6) is 1.22. The number of methoxy groups -OCH3 is 2. The molecule has 4 heteroatoms. The molecular formula is C18H19NO3. The van der Waals surface area contributed by atoms with Gasteiger partial charge in [0, 0.05) is 6.08 Å². The van der Waals surface area contributed by atoms with Crippen LogP contribution in [-0.2, 0) is 4.79 Å².